The zero-order valence-electron chi connectivity index (χ0n) is 14.4. The number of hydrogen-bond acceptors (Lipinski definition) is 5. The molecule has 0 fully saturated rings. The number of benzene rings is 1. The Labute approximate surface area is 142 Å². The van der Waals surface area contributed by atoms with Crippen LogP contribution in [-0.2, 0) is 20.9 Å². The summed E-state index contributed by atoms with van der Waals surface area (Å²) in [4.78, 5) is 24.4. The Morgan fingerprint density at radius 3 is 2.46 bits per heavy atom. The van der Waals surface area contributed by atoms with Crippen molar-refractivity contribution in [2.45, 2.75) is 33.0 Å². The fraction of sp³-hybridized carbons (Fsp3) is 0.500. The third-order valence-corrected chi connectivity index (χ3v) is 3.27. The molecule has 6 heteroatoms. The third-order valence-electron chi connectivity index (χ3n) is 3.27. The Morgan fingerprint density at radius 1 is 1.25 bits per heavy atom. The Kier molecular flexibility index (Phi) is 8.69. The van der Waals surface area contributed by atoms with Crippen molar-refractivity contribution < 1.29 is 19.1 Å². The van der Waals surface area contributed by atoms with E-state index in [9.17, 15) is 9.59 Å². The van der Waals surface area contributed by atoms with Crippen LogP contribution in [0.2, 0.25) is 0 Å². The number of hydrogen-bond donors (Lipinski definition) is 1. The number of carbonyl (C=O) groups is 2. The lowest BCUT2D eigenvalue weighted by Crippen LogP contribution is -2.35. The maximum absolute atomic E-state index is 12.3. The molecule has 0 heterocycles. The van der Waals surface area contributed by atoms with Crippen LogP contribution in [0.5, 0.6) is 0 Å². The summed E-state index contributed by atoms with van der Waals surface area (Å²) in [5.41, 5.74) is 1.25. The SMILES string of the molecule is COCc1ccc(C(=O)C(C#N)C(=O)NCCCOC(C)C)cc1. The average molecular weight is 332 g/mol. The first kappa shape index (κ1) is 19.8. The van der Waals surface area contributed by atoms with E-state index >= 15 is 0 Å². The number of carbonyl (C=O) groups excluding carboxylic acids is 2. The quantitative estimate of drug-likeness (QED) is 0.403. The summed E-state index contributed by atoms with van der Waals surface area (Å²) in [6.07, 6.45) is 0.761. The largest absolute Gasteiger partial charge is 0.380 e. The Balaban J connectivity index is 2.56. The fourth-order valence-electron chi connectivity index (χ4n) is 2.04. The minimum absolute atomic E-state index is 0.134. The monoisotopic (exact) mass is 332 g/mol. The van der Waals surface area contributed by atoms with Crippen LogP contribution in [0.25, 0.3) is 0 Å². The summed E-state index contributed by atoms with van der Waals surface area (Å²) >= 11 is 0. The van der Waals surface area contributed by atoms with Crippen LogP contribution in [-0.4, -0.2) is 38.1 Å². The molecule has 1 aromatic carbocycles. The van der Waals surface area contributed by atoms with E-state index in [-0.39, 0.29) is 6.10 Å². The number of rotatable bonds is 10. The minimum Gasteiger partial charge on any atom is -0.380 e. The van der Waals surface area contributed by atoms with Crippen LogP contribution in [0.1, 0.15) is 36.2 Å². The van der Waals surface area contributed by atoms with Crippen molar-refractivity contribution in [3.63, 3.8) is 0 Å². The molecule has 0 aliphatic heterocycles. The molecule has 1 unspecified atom stereocenters. The van der Waals surface area contributed by atoms with Gasteiger partial charge >= 0.3 is 0 Å². The van der Waals surface area contributed by atoms with Gasteiger partial charge in [-0.3, -0.25) is 9.59 Å². The van der Waals surface area contributed by atoms with Crippen LogP contribution < -0.4 is 5.32 Å². The van der Waals surface area contributed by atoms with Crippen LogP contribution in [0, 0.1) is 17.2 Å². The maximum Gasteiger partial charge on any atom is 0.245 e. The smallest absolute Gasteiger partial charge is 0.245 e. The predicted octanol–water partition coefficient (Wildman–Crippen LogP) is 2.09. The zero-order valence-corrected chi connectivity index (χ0v) is 14.4. The molecule has 0 radical (unpaired) electrons. The summed E-state index contributed by atoms with van der Waals surface area (Å²) < 4.78 is 10.4. The summed E-state index contributed by atoms with van der Waals surface area (Å²) in [5.74, 6) is -2.42. The number of nitrogens with zero attached hydrogens (tertiary/aromatic N) is 1. The first-order valence-corrected chi connectivity index (χ1v) is 7.90. The first-order chi connectivity index (χ1) is 11.5. The number of methoxy groups -OCH3 is 1. The van der Waals surface area contributed by atoms with E-state index in [4.69, 9.17) is 14.7 Å². The normalized spacial score (nSPS) is 11.8. The third kappa shape index (κ3) is 6.49. The van der Waals surface area contributed by atoms with Crippen molar-refractivity contribution >= 4 is 11.7 Å². The highest BCUT2D eigenvalue weighted by Gasteiger charge is 2.27. The molecule has 0 aliphatic carbocycles. The van der Waals surface area contributed by atoms with E-state index < -0.39 is 17.6 Å². The Bertz CT molecular complexity index is 576. The van der Waals surface area contributed by atoms with Gasteiger partial charge in [0.05, 0.1) is 18.8 Å². The molecule has 0 aliphatic rings. The highest BCUT2D eigenvalue weighted by molar-refractivity contribution is 6.12. The van der Waals surface area contributed by atoms with E-state index in [2.05, 4.69) is 5.32 Å². The van der Waals surface area contributed by atoms with Crippen molar-refractivity contribution in [3.05, 3.63) is 35.4 Å². The molecule has 1 aromatic rings. The molecule has 0 bridgehead atoms. The van der Waals surface area contributed by atoms with Crippen LogP contribution in [0.3, 0.4) is 0 Å². The van der Waals surface area contributed by atoms with Gasteiger partial charge in [-0.1, -0.05) is 24.3 Å². The second-order valence-electron chi connectivity index (χ2n) is 5.62. The molecule has 24 heavy (non-hydrogen) atoms. The van der Waals surface area contributed by atoms with Gasteiger partial charge < -0.3 is 14.8 Å². The average Bonchev–Trinajstić information content (AvgIpc) is 2.55. The molecule has 0 spiro atoms. The number of nitrogens with one attached hydrogen (secondary N) is 1. The van der Waals surface area contributed by atoms with Crippen molar-refractivity contribution in [2.75, 3.05) is 20.3 Å². The molecule has 130 valence electrons. The van der Waals surface area contributed by atoms with Gasteiger partial charge in [0.25, 0.3) is 0 Å². The zero-order chi connectivity index (χ0) is 17.9. The molecule has 1 rings (SSSR count). The first-order valence-electron chi connectivity index (χ1n) is 7.90. The molecule has 1 atom stereocenters. The lowest BCUT2D eigenvalue weighted by Gasteiger charge is -2.11. The second kappa shape index (κ2) is 10.5. The van der Waals surface area contributed by atoms with Crippen molar-refractivity contribution in [1.29, 1.82) is 5.26 Å². The summed E-state index contributed by atoms with van der Waals surface area (Å²) in [7, 11) is 1.58. The van der Waals surface area contributed by atoms with Gasteiger partial charge in [0, 0.05) is 25.8 Å². The summed E-state index contributed by atoms with van der Waals surface area (Å²) in [6, 6.07) is 8.47. The number of Topliss-reactive ketones (excluding diaryl/α,β-unsaturated/α-hetero) is 1. The van der Waals surface area contributed by atoms with Crippen LogP contribution >= 0.6 is 0 Å². The molecule has 0 saturated carbocycles. The highest BCUT2D eigenvalue weighted by Crippen LogP contribution is 2.11. The van der Waals surface area contributed by atoms with Gasteiger partial charge in [0.15, 0.2) is 11.7 Å². The van der Waals surface area contributed by atoms with Gasteiger partial charge in [-0.25, -0.2) is 0 Å². The number of ether oxygens (including phenoxy) is 2. The lowest BCUT2D eigenvalue weighted by atomic mass is 9.97. The van der Waals surface area contributed by atoms with E-state index in [0.717, 1.165) is 5.56 Å². The lowest BCUT2D eigenvalue weighted by molar-refractivity contribution is -0.122. The van der Waals surface area contributed by atoms with Gasteiger partial charge in [-0.05, 0) is 25.8 Å². The Hall–Kier alpha value is -2.23. The Morgan fingerprint density at radius 2 is 1.92 bits per heavy atom. The fourth-order valence-corrected chi connectivity index (χ4v) is 2.04. The topological polar surface area (TPSA) is 88.4 Å². The van der Waals surface area contributed by atoms with Crippen molar-refractivity contribution in [2.24, 2.45) is 5.92 Å². The van der Waals surface area contributed by atoms with Crippen LogP contribution in [0.4, 0.5) is 0 Å². The number of ketones is 1. The molecular formula is C18H24N2O4. The maximum atomic E-state index is 12.3. The number of amides is 1. The highest BCUT2D eigenvalue weighted by atomic mass is 16.5. The van der Waals surface area contributed by atoms with E-state index in [1.807, 2.05) is 13.8 Å². The molecule has 0 aromatic heterocycles. The number of nitriles is 1. The van der Waals surface area contributed by atoms with Gasteiger partial charge in [0.1, 0.15) is 0 Å². The van der Waals surface area contributed by atoms with Crippen molar-refractivity contribution in [3.8, 4) is 6.07 Å². The molecule has 1 N–H and O–H groups in total. The van der Waals surface area contributed by atoms with Crippen LogP contribution in [0.15, 0.2) is 24.3 Å². The van der Waals surface area contributed by atoms with E-state index in [1.165, 1.54) is 0 Å². The van der Waals surface area contributed by atoms with Gasteiger partial charge in [0.2, 0.25) is 5.91 Å². The van der Waals surface area contributed by atoms with E-state index in [0.29, 0.717) is 31.7 Å². The van der Waals surface area contributed by atoms with Gasteiger partial charge in [-0.15, -0.1) is 0 Å². The summed E-state index contributed by atoms with van der Waals surface area (Å²) in [5, 5.41) is 11.8. The molecular weight excluding hydrogens is 308 g/mol. The standard InChI is InChI=1S/C18H24N2O4/c1-13(2)24-10-4-9-20-18(22)16(11-19)17(21)15-7-5-14(6-8-15)12-23-3/h5-8,13,16H,4,9-10,12H2,1-3H3,(H,20,22). The van der Waals surface area contributed by atoms with Gasteiger partial charge in [-0.2, -0.15) is 5.26 Å². The van der Waals surface area contributed by atoms with Crippen molar-refractivity contribution in [1.82, 2.24) is 5.32 Å². The molecule has 6 nitrogen and oxygen atoms in total. The molecule has 0 saturated heterocycles. The predicted molar refractivity (Wildman–Crippen MR) is 89.3 cm³/mol. The summed E-state index contributed by atoms with van der Waals surface area (Å²) in [6.45, 7) is 5.19. The molecule has 1 amide bonds. The minimum atomic E-state index is -1.34. The van der Waals surface area contributed by atoms with E-state index in [1.54, 1.807) is 37.4 Å². The second-order valence-corrected chi connectivity index (χ2v) is 5.62.